The number of hydrogen-bond donors (Lipinski definition) is 1. The summed E-state index contributed by atoms with van der Waals surface area (Å²) in [5.41, 5.74) is 2.43. The predicted molar refractivity (Wildman–Crippen MR) is 106 cm³/mol. The summed E-state index contributed by atoms with van der Waals surface area (Å²) >= 11 is 1.69. The number of benzene rings is 1. The lowest BCUT2D eigenvalue weighted by Crippen LogP contribution is -2.41. The van der Waals surface area contributed by atoms with Gasteiger partial charge in [-0.25, -0.2) is 4.98 Å². The van der Waals surface area contributed by atoms with Crippen LogP contribution in [0.5, 0.6) is 0 Å². The SMILES string of the molecule is CN=C(NCC1CCN(c2ccccc2)C1)N(C)Cc1csc(C)n1. The lowest BCUT2D eigenvalue weighted by molar-refractivity contribution is 0.458. The van der Waals surface area contributed by atoms with E-state index in [0.29, 0.717) is 5.92 Å². The Morgan fingerprint density at radius 2 is 2.20 bits per heavy atom. The number of aromatic nitrogens is 1. The quantitative estimate of drug-likeness (QED) is 0.660. The Labute approximate surface area is 154 Å². The second-order valence-electron chi connectivity index (χ2n) is 6.58. The van der Waals surface area contributed by atoms with Crippen LogP contribution >= 0.6 is 11.3 Å². The van der Waals surface area contributed by atoms with Crippen molar-refractivity contribution < 1.29 is 0 Å². The Morgan fingerprint density at radius 1 is 1.40 bits per heavy atom. The normalized spacial score (nSPS) is 17.8. The summed E-state index contributed by atoms with van der Waals surface area (Å²) in [6, 6.07) is 10.7. The Balaban J connectivity index is 1.48. The van der Waals surface area contributed by atoms with Gasteiger partial charge in [-0.1, -0.05) is 18.2 Å². The number of aryl methyl sites for hydroxylation is 1. The van der Waals surface area contributed by atoms with Gasteiger partial charge >= 0.3 is 0 Å². The molecule has 1 aliphatic heterocycles. The maximum atomic E-state index is 4.54. The molecule has 1 unspecified atom stereocenters. The number of hydrogen-bond acceptors (Lipinski definition) is 4. The zero-order chi connectivity index (χ0) is 17.6. The van der Waals surface area contributed by atoms with Crippen LogP contribution in [0.25, 0.3) is 0 Å². The number of para-hydroxylation sites is 1. The van der Waals surface area contributed by atoms with Crippen LogP contribution in [0.2, 0.25) is 0 Å². The van der Waals surface area contributed by atoms with Gasteiger partial charge in [0.25, 0.3) is 0 Å². The van der Waals surface area contributed by atoms with E-state index in [-0.39, 0.29) is 0 Å². The fourth-order valence-electron chi connectivity index (χ4n) is 3.29. The van der Waals surface area contributed by atoms with E-state index in [4.69, 9.17) is 0 Å². The minimum absolute atomic E-state index is 0.645. The van der Waals surface area contributed by atoms with Crippen molar-refractivity contribution in [1.82, 2.24) is 15.2 Å². The number of guanidine groups is 1. The van der Waals surface area contributed by atoms with Crippen molar-refractivity contribution in [2.75, 3.05) is 38.6 Å². The maximum absolute atomic E-state index is 4.54. The van der Waals surface area contributed by atoms with Crippen LogP contribution in [0.15, 0.2) is 40.7 Å². The molecule has 5 nitrogen and oxygen atoms in total. The summed E-state index contributed by atoms with van der Waals surface area (Å²) < 4.78 is 0. The van der Waals surface area contributed by atoms with Gasteiger partial charge < -0.3 is 15.1 Å². The van der Waals surface area contributed by atoms with E-state index in [1.165, 1.54) is 12.1 Å². The van der Waals surface area contributed by atoms with E-state index in [0.717, 1.165) is 42.8 Å². The van der Waals surface area contributed by atoms with Crippen LogP contribution in [0.3, 0.4) is 0 Å². The molecule has 0 radical (unpaired) electrons. The molecule has 1 aromatic heterocycles. The third-order valence-corrected chi connectivity index (χ3v) is 5.42. The average Bonchev–Trinajstić information content (AvgIpc) is 3.25. The first-order valence-corrected chi connectivity index (χ1v) is 9.66. The number of nitrogens with zero attached hydrogens (tertiary/aromatic N) is 4. The molecule has 1 N–H and O–H groups in total. The van der Waals surface area contributed by atoms with Gasteiger partial charge in [-0.3, -0.25) is 4.99 Å². The Morgan fingerprint density at radius 3 is 2.88 bits per heavy atom. The van der Waals surface area contributed by atoms with E-state index in [1.54, 1.807) is 11.3 Å². The summed E-state index contributed by atoms with van der Waals surface area (Å²) in [7, 11) is 3.91. The number of anilines is 1. The number of aliphatic imine (C=N–C) groups is 1. The molecule has 0 aliphatic carbocycles. The van der Waals surface area contributed by atoms with Crippen molar-refractivity contribution in [3.8, 4) is 0 Å². The molecular formula is C19H27N5S. The molecule has 2 aromatic rings. The van der Waals surface area contributed by atoms with Crippen molar-refractivity contribution in [2.24, 2.45) is 10.9 Å². The first kappa shape index (κ1) is 17.7. The lowest BCUT2D eigenvalue weighted by atomic mass is 10.1. The van der Waals surface area contributed by atoms with Gasteiger partial charge in [-0.15, -0.1) is 11.3 Å². The first-order valence-electron chi connectivity index (χ1n) is 8.78. The third-order valence-electron chi connectivity index (χ3n) is 4.60. The van der Waals surface area contributed by atoms with Crippen LogP contribution in [0.1, 0.15) is 17.1 Å². The van der Waals surface area contributed by atoms with Gasteiger partial charge in [0.1, 0.15) is 0 Å². The fraction of sp³-hybridized carbons (Fsp3) is 0.474. The van der Waals surface area contributed by atoms with E-state index >= 15 is 0 Å². The van der Waals surface area contributed by atoms with Crippen LogP contribution in [0, 0.1) is 12.8 Å². The Kier molecular flexibility index (Phi) is 5.91. The summed E-state index contributed by atoms with van der Waals surface area (Å²) in [5.74, 6) is 1.58. The highest BCUT2D eigenvalue weighted by molar-refractivity contribution is 7.09. The topological polar surface area (TPSA) is 43.8 Å². The first-order chi connectivity index (χ1) is 12.2. The van der Waals surface area contributed by atoms with Gasteiger partial charge in [-0.2, -0.15) is 0 Å². The summed E-state index contributed by atoms with van der Waals surface area (Å²) in [4.78, 5) is 13.6. The fourth-order valence-corrected chi connectivity index (χ4v) is 3.90. The molecule has 2 heterocycles. The monoisotopic (exact) mass is 357 g/mol. The molecule has 25 heavy (non-hydrogen) atoms. The van der Waals surface area contributed by atoms with Crippen molar-refractivity contribution in [2.45, 2.75) is 19.9 Å². The van der Waals surface area contributed by atoms with Crippen molar-refractivity contribution in [3.63, 3.8) is 0 Å². The summed E-state index contributed by atoms with van der Waals surface area (Å²) in [6.07, 6.45) is 1.22. The molecule has 134 valence electrons. The van der Waals surface area contributed by atoms with Gasteiger partial charge in [0.2, 0.25) is 0 Å². The van der Waals surface area contributed by atoms with E-state index in [1.807, 2.05) is 14.0 Å². The molecule has 0 bridgehead atoms. The van der Waals surface area contributed by atoms with Crippen molar-refractivity contribution in [1.29, 1.82) is 0 Å². The molecule has 1 aromatic carbocycles. The third kappa shape index (κ3) is 4.72. The molecule has 0 amide bonds. The predicted octanol–water partition coefficient (Wildman–Crippen LogP) is 2.99. The largest absolute Gasteiger partial charge is 0.371 e. The molecule has 0 saturated carbocycles. The smallest absolute Gasteiger partial charge is 0.193 e. The molecule has 1 aliphatic rings. The molecule has 1 atom stereocenters. The molecular weight excluding hydrogens is 330 g/mol. The van der Waals surface area contributed by atoms with Crippen LogP contribution in [-0.4, -0.2) is 49.6 Å². The zero-order valence-corrected chi connectivity index (χ0v) is 16.1. The second-order valence-corrected chi connectivity index (χ2v) is 7.64. The van der Waals surface area contributed by atoms with E-state index < -0.39 is 0 Å². The zero-order valence-electron chi connectivity index (χ0n) is 15.3. The van der Waals surface area contributed by atoms with Gasteiger partial charge in [-0.05, 0) is 31.4 Å². The highest BCUT2D eigenvalue weighted by Gasteiger charge is 2.23. The number of thiazole rings is 1. The van der Waals surface area contributed by atoms with Gasteiger partial charge in [0, 0.05) is 44.8 Å². The molecule has 6 heteroatoms. The van der Waals surface area contributed by atoms with Gasteiger partial charge in [0.05, 0.1) is 17.2 Å². The standard InChI is InChI=1S/C19H27N5S/c1-15-22-17(14-25-15)13-23(3)19(20-2)21-11-16-9-10-24(12-16)18-7-5-4-6-8-18/h4-8,14,16H,9-13H2,1-3H3,(H,20,21). The van der Waals surface area contributed by atoms with Crippen LogP contribution in [-0.2, 0) is 6.54 Å². The molecule has 1 saturated heterocycles. The van der Waals surface area contributed by atoms with Gasteiger partial charge in [0.15, 0.2) is 5.96 Å². The molecule has 3 rings (SSSR count). The summed E-state index contributed by atoms with van der Waals surface area (Å²) in [5, 5.41) is 6.76. The van der Waals surface area contributed by atoms with Crippen LogP contribution < -0.4 is 10.2 Å². The second kappa shape index (κ2) is 8.34. The van der Waals surface area contributed by atoms with E-state index in [9.17, 15) is 0 Å². The number of nitrogens with one attached hydrogen (secondary N) is 1. The highest BCUT2D eigenvalue weighted by Crippen LogP contribution is 2.23. The number of rotatable bonds is 5. The highest BCUT2D eigenvalue weighted by atomic mass is 32.1. The van der Waals surface area contributed by atoms with Crippen molar-refractivity contribution in [3.05, 3.63) is 46.4 Å². The minimum atomic E-state index is 0.645. The molecule has 0 spiro atoms. The van der Waals surface area contributed by atoms with E-state index in [2.05, 4.69) is 67.9 Å². The minimum Gasteiger partial charge on any atom is -0.371 e. The Bertz CT molecular complexity index is 697. The molecule has 1 fully saturated rings. The van der Waals surface area contributed by atoms with Crippen LogP contribution in [0.4, 0.5) is 5.69 Å². The summed E-state index contributed by atoms with van der Waals surface area (Å²) in [6.45, 7) is 6.01. The Hall–Kier alpha value is -2.08. The lowest BCUT2D eigenvalue weighted by Gasteiger charge is -2.23. The average molecular weight is 358 g/mol. The van der Waals surface area contributed by atoms with Crippen molar-refractivity contribution >= 4 is 23.0 Å². The maximum Gasteiger partial charge on any atom is 0.193 e.